The van der Waals surface area contributed by atoms with E-state index in [4.69, 9.17) is 19.2 Å². The van der Waals surface area contributed by atoms with Crippen LogP contribution in [0.25, 0.3) is 0 Å². The Morgan fingerprint density at radius 2 is 0.636 bits per heavy atom. The molecule has 0 amide bonds. The molecule has 0 rings (SSSR count). The van der Waals surface area contributed by atoms with Crippen LogP contribution in [-0.2, 0) is 29.3 Å². The summed E-state index contributed by atoms with van der Waals surface area (Å²) in [6, 6.07) is 0. The number of halogens is 2. The molecular formula is C4H8I2O4Ru. The van der Waals surface area contributed by atoms with Crippen molar-refractivity contribution in [1.82, 2.24) is 0 Å². The van der Waals surface area contributed by atoms with Gasteiger partial charge in [-0.05, 0) is 0 Å². The van der Waals surface area contributed by atoms with Crippen LogP contribution in [-0.4, -0.2) is 27.2 Å². The molecule has 0 unspecified atom stereocenters. The summed E-state index contributed by atoms with van der Waals surface area (Å²) in [6.45, 7) is 8.00. The standard InChI is InChI=1S/4CH2O.2HI.Ru/c4*1-2;;;/h4*1H2;2*1H;/q;;;;;;+2/p-2. The average molecular weight is 475 g/mol. The van der Waals surface area contributed by atoms with Gasteiger partial charge in [-0.2, -0.15) is 0 Å². The fraction of sp³-hybridized carbons (Fsp3) is 0. The summed E-state index contributed by atoms with van der Waals surface area (Å²) in [6.07, 6.45) is 0. The van der Waals surface area contributed by atoms with Crippen molar-refractivity contribution in [1.29, 1.82) is 0 Å². The molecule has 0 aliphatic carbocycles. The van der Waals surface area contributed by atoms with Crippen LogP contribution in [0.3, 0.4) is 0 Å². The predicted molar refractivity (Wildman–Crippen MR) is 56.5 cm³/mol. The molecule has 0 aromatic rings. The summed E-state index contributed by atoms with van der Waals surface area (Å²) in [5.74, 6) is 0. The number of rotatable bonds is 0. The van der Waals surface area contributed by atoms with Gasteiger partial charge in [-0.1, -0.05) is 0 Å². The Balaban J connectivity index is -0.0000000139. The normalized spacial score (nSPS) is 3.45. The SMILES string of the molecule is C=O.C=O.C=O.C=O.[I][Ru][I]. The molecule has 0 saturated heterocycles. The quantitative estimate of drug-likeness (QED) is 0.388. The van der Waals surface area contributed by atoms with Crippen LogP contribution in [0.4, 0.5) is 0 Å². The van der Waals surface area contributed by atoms with E-state index in [9.17, 15) is 0 Å². The van der Waals surface area contributed by atoms with Crippen molar-refractivity contribution in [3.63, 3.8) is 0 Å². The number of carbonyl (C=O) groups excluding carboxylic acids is 4. The Morgan fingerprint density at radius 3 is 0.636 bits per heavy atom. The second-order valence-electron chi connectivity index (χ2n) is 0.0505. The minimum atomic E-state index is 0.650. The van der Waals surface area contributed by atoms with Gasteiger partial charge in [-0.25, -0.2) is 0 Å². The van der Waals surface area contributed by atoms with Crippen molar-refractivity contribution in [2.45, 2.75) is 0 Å². The summed E-state index contributed by atoms with van der Waals surface area (Å²) in [5.41, 5.74) is 0. The Labute approximate surface area is 94.8 Å². The summed E-state index contributed by atoms with van der Waals surface area (Å²) in [7, 11) is 0.650. The maximum absolute atomic E-state index is 8.00. The van der Waals surface area contributed by atoms with Gasteiger partial charge in [0, 0.05) is 0 Å². The third-order valence-electron chi connectivity index (χ3n) is 0. The molecule has 11 heavy (non-hydrogen) atoms. The van der Waals surface area contributed by atoms with E-state index >= 15 is 0 Å². The molecule has 0 bridgehead atoms. The van der Waals surface area contributed by atoms with Crippen molar-refractivity contribution in [2.24, 2.45) is 0 Å². The average Bonchev–Trinajstić information content (AvgIpc) is 2.18. The first-order valence-electron chi connectivity index (χ1n) is 1.42. The summed E-state index contributed by atoms with van der Waals surface area (Å²) in [5, 5.41) is 0. The zero-order valence-electron chi connectivity index (χ0n) is 5.57. The van der Waals surface area contributed by atoms with Crippen molar-refractivity contribution in [3.05, 3.63) is 0 Å². The molecule has 0 heterocycles. The van der Waals surface area contributed by atoms with E-state index in [2.05, 4.69) is 39.5 Å². The zero-order valence-corrected chi connectivity index (χ0v) is 11.6. The Bertz CT molecular complexity index is 35.3. The van der Waals surface area contributed by atoms with E-state index in [-0.39, 0.29) is 0 Å². The third kappa shape index (κ3) is 1420. The van der Waals surface area contributed by atoms with E-state index < -0.39 is 0 Å². The summed E-state index contributed by atoms with van der Waals surface area (Å²) < 4.78 is 0. The third-order valence-corrected chi connectivity index (χ3v) is 0. The Kier molecular flexibility index (Phi) is 894. The van der Waals surface area contributed by atoms with Crippen LogP contribution < -0.4 is 0 Å². The molecule has 0 aromatic heterocycles. The molecule has 0 spiro atoms. The van der Waals surface area contributed by atoms with Gasteiger partial charge in [0.2, 0.25) is 0 Å². The molecule has 4 nitrogen and oxygen atoms in total. The number of hydrogen-bond donors (Lipinski definition) is 0. The molecule has 0 fully saturated rings. The van der Waals surface area contributed by atoms with Crippen LogP contribution in [0, 0.1) is 0 Å². The second-order valence-corrected chi connectivity index (χ2v) is 13.4. The fourth-order valence-electron chi connectivity index (χ4n) is 0. The van der Waals surface area contributed by atoms with Gasteiger partial charge in [-0.15, -0.1) is 0 Å². The molecular weight excluding hydrogens is 467 g/mol. The molecule has 0 aliphatic heterocycles. The van der Waals surface area contributed by atoms with E-state index in [1.807, 2.05) is 27.2 Å². The van der Waals surface area contributed by atoms with Crippen molar-refractivity contribution < 1.29 is 29.3 Å². The number of hydrogen-bond acceptors (Lipinski definition) is 4. The molecule has 0 aliphatic rings. The van der Waals surface area contributed by atoms with E-state index in [1.54, 1.807) is 0 Å². The summed E-state index contributed by atoms with van der Waals surface area (Å²) >= 11 is 4.73. The van der Waals surface area contributed by atoms with Crippen LogP contribution in [0.5, 0.6) is 0 Å². The van der Waals surface area contributed by atoms with Crippen LogP contribution >= 0.6 is 39.5 Å². The van der Waals surface area contributed by atoms with Gasteiger partial charge in [0.05, 0.1) is 0 Å². The molecule has 70 valence electrons. The molecule has 0 aromatic carbocycles. The van der Waals surface area contributed by atoms with Gasteiger partial charge in [0.1, 0.15) is 27.2 Å². The predicted octanol–water partition coefficient (Wildman–Crippen LogP) is 1.03. The van der Waals surface area contributed by atoms with Gasteiger partial charge >= 0.3 is 49.6 Å². The van der Waals surface area contributed by atoms with Crippen LogP contribution in [0.1, 0.15) is 0 Å². The van der Waals surface area contributed by atoms with Crippen molar-refractivity contribution in [3.8, 4) is 0 Å². The van der Waals surface area contributed by atoms with Crippen molar-refractivity contribution in [2.75, 3.05) is 0 Å². The van der Waals surface area contributed by atoms with E-state index in [1.165, 1.54) is 0 Å². The van der Waals surface area contributed by atoms with Gasteiger partial charge < -0.3 is 19.2 Å². The minimum absolute atomic E-state index is 0.650. The zero-order chi connectivity index (χ0) is 10.7. The van der Waals surface area contributed by atoms with E-state index in [0.29, 0.717) is 10.1 Å². The molecule has 0 atom stereocenters. The van der Waals surface area contributed by atoms with E-state index in [0.717, 1.165) is 0 Å². The first-order chi connectivity index (χ1) is 5.41. The molecule has 0 N–H and O–H groups in total. The second kappa shape index (κ2) is 330. The maximum atomic E-state index is 8.00. The molecule has 7 heteroatoms. The summed E-state index contributed by atoms with van der Waals surface area (Å²) in [4.78, 5) is 32.0. The first-order valence-corrected chi connectivity index (χ1v) is 11.8. The topological polar surface area (TPSA) is 68.3 Å². The monoisotopic (exact) mass is 476 g/mol. The van der Waals surface area contributed by atoms with Gasteiger partial charge in [-0.3, -0.25) is 0 Å². The molecule has 0 saturated carbocycles. The first kappa shape index (κ1) is 29.8. The Hall–Kier alpha value is 0.763. The van der Waals surface area contributed by atoms with Crippen LogP contribution in [0.2, 0.25) is 0 Å². The molecule has 0 radical (unpaired) electrons. The van der Waals surface area contributed by atoms with Gasteiger partial charge in [0.15, 0.2) is 0 Å². The van der Waals surface area contributed by atoms with Gasteiger partial charge in [0.25, 0.3) is 0 Å². The Morgan fingerprint density at radius 1 is 0.636 bits per heavy atom. The fourth-order valence-corrected chi connectivity index (χ4v) is 0. The van der Waals surface area contributed by atoms with Crippen LogP contribution in [0.15, 0.2) is 0 Å². The van der Waals surface area contributed by atoms with Crippen molar-refractivity contribution >= 4 is 66.7 Å². The number of carbonyl (C=O) groups is 4.